The largest absolute Gasteiger partial charge is 0.469 e. The van der Waals surface area contributed by atoms with Crippen molar-refractivity contribution in [3.05, 3.63) is 35.4 Å². The fraction of sp³-hybridized carbons (Fsp3) is 0.412. The van der Waals surface area contributed by atoms with Crippen LogP contribution in [-0.4, -0.2) is 39.1 Å². The minimum atomic E-state index is -0.330. The van der Waals surface area contributed by atoms with Gasteiger partial charge in [0.1, 0.15) is 0 Å². The number of fused-ring (bicyclic) bond motifs is 1. The van der Waals surface area contributed by atoms with Crippen molar-refractivity contribution in [3.63, 3.8) is 0 Å². The molecule has 1 N–H and O–H groups in total. The molecule has 0 fully saturated rings. The van der Waals surface area contributed by atoms with Gasteiger partial charge in [-0.25, -0.2) is 0 Å². The maximum atomic E-state index is 11.7. The summed E-state index contributed by atoms with van der Waals surface area (Å²) in [5.41, 5.74) is 3.60. The van der Waals surface area contributed by atoms with Gasteiger partial charge in [-0.2, -0.15) is 0 Å². The Bertz CT molecular complexity index is 581. The zero-order chi connectivity index (χ0) is 15.9. The Morgan fingerprint density at radius 2 is 2.23 bits per heavy atom. The maximum absolute atomic E-state index is 11.7. The molecule has 5 heteroatoms. The molecule has 0 saturated heterocycles. The van der Waals surface area contributed by atoms with Crippen molar-refractivity contribution in [1.29, 1.82) is 0 Å². The fourth-order valence-electron chi connectivity index (χ4n) is 2.53. The van der Waals surface area contributed by atoms with Crippen LogP contribution >= 0.6 is 0 Å². The molecule has 0 bridgehead atoms. The van der Waals surface area contributed by atoms with Crippen LogP contribution in [0.3, 0.4) is 0 Å². The molecule has 1 amide bonds. The topological polar surface area (TPSA) is 58.6 Å². The first-order valence-corrected chi connectivity index (χ1v) is 7.47. The van der Waals surface area contributed by atoms with Gasteiger partial charge in [0.15, 0.2) is 0 Å². The Labute approximate surface area is 130 Å². The summed E-state index contributed by atoms with van der Waals surface area (Å²) in [7, 11) is 3.43. The van der Waals surface area contributed by atoms with Crippen LogP contribution in [-0.2, 0) is 20.7 Å². The second kappa shape index (κ2) is 7.64. The molecule has 1 aromatic rings. The number of anilines is 1. The predicted octanol–water partition coefficient (Wildman–Crippen LogP) is 1.76. The number of benzene rings is 1. The van der Waals surface area contributed by atoms with Gasteiger partial charge in [0.05, 0.1) is 13.5 Å². The normalized spacial score (nSPS) is 13.8. The van der Waals surface area contributed by atoms with E-state index in [1.165, 1.54) is 24.4 Å². The number of hydrogen-bond acceptors (Lipinski definition) is 4. The summed E-state index contributed by atoms with van der Waals surface area (Å²) in [6.45, 7) is 1.37. The van der Waals surface area contributed by atoms with E-state index in [2.05, 4.69) is 34.1 Å². The smallest absolute Gasteiger partial charge is 0.307 e. The second-order valence-corrected chi connectivity index (χ2v) is 5.36. The standard InChI is InChI=1S/C17H22N2O3/c1-19-11-3-4-14-12-13(5-7-15(14)19)6-8-16(20)18-10-9-17(21)22-2/h5-8,12H,3-4,9-11H2,1-2H3,(H,18,20)/b8-6-. The van der Waals surface area contributed by atoms with Crippen LogP contribution in [0.2, 0.25) is 0 Å². The highest BCUT2D eigenvalue weighted by molar-refractivity contribution is 5.92. The van der Waals surface area contributed by atoms with Gasteiger partial charge in [-0.3, -0.25) is 9.59 Å². The van der Waals surface area contributed by atoms with Crippen LogP contribution in [0.5, 0.6) is 0 Å². The number of nitrogens with one attached hydrogen (secondary N) is 1. The summed E-state index contributed by atoms with van der Waals surface area (Å²) in [5, 5.41) is 2.65. The summed E-state index contributed by atoms with van der Waals surface area (Å²) in [6.07, 6.45) is 5.70. The van der Waals surface area contributed by atoms with Crippen molar-refractivity contribution in [2.24, 2.45) is 0 Å². The molecule has 22 heavy (non-hydrogen) atoms. The van der Waals surface area contributed by atoms with Crippen LogP contribution in [0, 0.1) is 0 Å². The van der Waals surface area contributed by atoms with E-state index in [4.69, 9.17) is 0 Å². The fourth-order valence-corrected chi connectivity index (χ4v) is 2.53. The molecule has 0 radical (unpaired) electrons. The van der Waals surface area contributed by atoms with E-state index in [9.17, 15) is 9.59 Å². The van der Waals surface area contributed by atoms with Gasteiger partial charge in [-0.15, -0.1) is 0 Å². The maximum Gasteiger partial charge on any atom is 0.307 e. The van der Waals surface area contributed by atoms with Crippen LogP contribution < -0.4 is 10.2 Å². The molecule has 1 aliphatic heterocycles. The molecule has 2 rings (SSSR count). The number of carbonyl (C=O) groups is 2. The van der Waals surface area contributed by atoms with Gasteiger partial charge in [-0.1, -0.05) is 6.07 Å². The highest BCUT2D eigenvalue weighted by Crippen LogP contribution is 2.27. The number of amides is 1. The molecule has 5 nitrogen and oxygen atoms in total. The number of methoxy groups -OCH3 is 1. The van der Waals surface area contributed by atoms with Crippen molar-refractivity contribution in [2.45, 2.75) is 19.3 Å². The van der Waals surface area contributed by atoms with Crippen LogP contribution in [0.4, 0.5) is 5.69 Å². The Kier molecular flexibility index (Phi) is 5.58. The molecule has 1 heterocycles. The lowest BCUT2D eigenvalue weighted by molar-refractivity contribution is -0.140. The minimum Gasteiger partial charge on any atom is -0.469 e. The van der Waals surface area contributed by atoms with E-state index >= 15 is 0 Å². The molecular weight excluding hydrogens is 280 g/mol. The summed E-state index contributed by atoms with van der Waals surface area (Å²) in [4.78, 5) is 24.9. The molecule has 1 aliphatic rings. The Morgan fingerprint density at radius 3 is 3.00 bits per heavy atom. The van der Waals surface area contributed by atoms with E-state index in [0.717, 1.165) is 24.9 Å². The lowest BCUT2D eigenvalue weighted by Gasteiger charge is -2.27. The number of hydrogen-bond donors (Lipinski definition) is 1. The summed E-state index contributed by atoms with van der Waals surface area (Å²) in [5.74, 6) is -0.540. The third-order valence-corrected chi connectivity index (χ3v) is 3.74. The SMILES string of the molecule is COC(=O)CCNC(=O)/C=C\c1ccc2c(c1)CCCN2C. The number of esters is 1. The van der Waals surface area contributed by atoms with Crippen molar-refractivity contribution in [2.75, 3.05) is 32.1 Å². The number of aryl methyl sites for hydroxylation is 1. The van der Waals surface area contributed by atoms with E-state index in [1.54, 1.807) is 6.08 Å². The second-order valence-electron chi connectivity index (χ2n) is 5.36. The van der Waals surface area contributed by atoms with Gasteiger partial charge < -0.3 is 15.0 Å². The number of rotatable bonds is 5. The van der Waals surface area contributed by atoms with Gasteiger partial charge in [0.2, 0.25) is 5.91 Å². The lowest BCUT2D eigenvalue weighted by atomic mass is 9.99. The first kappa shape index (κ1) is 16.1. The number of nitrogens with zero attached hydrogens (tertiary/aromatic N) is 1. The Balaban J connectivity index is 1.90. The first-order valence-electron chi connectivity index (χ1n) is 7.47. The molecule has 0 spiro atoms. The Morgan fingerprint density at radius 1 is 1.41 bits per heavy atom. The Hall–Kier alpha value is -2.30. The third-order valence-electron chi connectivity index (χ3n) is 3.74. The molecular formula is C17H22N2O3. The van der Waals surface area contributed by atoms with Gasteiger partial charge in [0.25, 0.3) is 0 Å². The third kappa shape index (κ3) is 4.35. The number of carbonyl (C=O) groups excluding carboxylic acids is 2. The van der Waals surface area contributed by atoms with E-state index in [0.29, 0.717) is 0 Å². The lowest BCUT2D eigenvalue weighted by Crippen LogP contribution is -2.24. The zero-order valence-electron chi connectivity index (χ0n) is 13.1. The van der Waals surface area contributed by atoms with E-state index in [-0.39, 0.29) is 24.8 Å². The summed E-state index contributed by atoms with van der Waals surface area (Å²) < 4.78 is 4.51. The molecule has 0 saturated carbocycles. The van der Waals surface area contributed by atoms with E-state index in [1.807, 2.05) is 6.07 Å². The highest BCUT2D eigenvalue weighted by Gasteiger charge is 2.13. The molecule has 0 unspecified atom stereocenters. The zero-order valence-corrected chi connectivity index (χ0v) is 13.1. The van der Waals surface area contributed by atoms with Gasteiger partial charge in [0, 0.05) is 31.9 Å². The van der Waals surface area contributed by atoms with Crippen LogP contribution in [0.1, 0.15) is 24.0 Å². The van der Waals surface area contributed by atoms with Crippen molar-refractivity contribution in [3.8, 4) is 0 Å². The van der Waals surface area contributed by atoms with Gasteiger partial charge in [-0.05, 0) is 42.2 Å². The molecule has 0 atom stereocenters. The van der Waals surface area contributed by atoms with Crippen molar-refractivity contribution >= 4 is 23.6 Å². The van der Waals surface area contributed by atoms with Crippen LogP contribution in [0.25, 0.3) is 6.08 Å². The summed E-state index contributed by atoms with van der Waals surface area (Å²) >= 11 is 0. The molecule has 1 aromatic carbocycles. The average molecular weight is 302 g/mol. The molecule has 118 valence electrons. The quantitative estimate of drug-likeness (QED) is 0.665. The van der Waals surface area contributed by atoms with Crippen LogP contribution in [0.15, 0.2) is 24.3 Å². The van der Waals surface area contributed by atoms with E-state index < -0.39 is 0 Å². The first-order chi connectivity index (χ1) is 10.6. The number of ether oxygens (including phenoxy) is 1. The molecule has 0 aromatic heterocycles. The molecule has 0 aliphatic carbocycles. The monoisotopic (exact) mass is 302 g/mol. The average Bonchev–Trinajstić information content (AvgIpc) is 2.53. The van der Waals surface area contributed by atoms with Crippen molar-refractivity contribution < 1.29 is 14.3 Å². The minimum absolute atomic E-state index is 0.182. The highest BCUT2D eigenvalue weighted by atomic mass is 16.5. The predicted molar refractivity (Wildman–Crippen MR) is 86.7 cm³/mol. The van der Waals surface area contributed by atoms with Gasteiger partial charge >= 0.3 is 5.97 Å². The van der Waals surface area contributed by atoms with Crippen molar-refractivity contribution in [1.82, 2.24) is 5.32 Å². The summed E-state index contributed by atoms with van der Waals surface area (Å²) in [6, 6.07) is 6.24.